The molecule has 0 aromatic rings. The van der Waals surface area contributed by atoms with E-state index in [0.717, 1.165) is 0 Å². The molecular weight excluding hydrogens is 250 g/mol. The third-order valence-electron chi connectivity index (χ3n) is 0. The predicted octanol–water partition coefficient (Wildman–Crippen LogP) is -18.0. The maximum absolute atomic E-state index is 0. The second-order valence-corrected chi connectivity index (χ2v) is 0. The van der Waals surface area contributed by atoms with Crippen LogP contribution in [0.25, 0.3) is 0 Å². The van der Waals surface area contributed by atoms with Gasteiger partial charge in [0.2, 0.25) is 0 Å². The molecule has 0 atom stereocenters. The fraction of sp³-hybridized carbons (Fsp3) is 0. The number of hydrogen-bond donors (Lipinski definition) is 0. The molecule has 0 spiro atoms. The molecular formula is ArF6Mo-6. The zero-order valence-electron chi connectivity index (χ0n) is 3.03. The summed E-state index contributed by atoms with van der Waals surface area (Å²) in [6.45, 7) is 0. The minimum absolute atomic E-state index is 0. The smallest absolute Gasteiger partial charge is 0 e. The van der Waals surface area contributed by atoms with Gasteiger partial charge in [-0.1, -0.05) is 0 Å². The number of rotatable bonds is 0. The Bertz CT molecular complexity index is 8.49. The second-order valence-electron chi connectivity index (χ2n) is 0. The van der Waals surface area contributed by atoms with Crippen LogP contribution >= 0.6 is 0 Å². The minimum atomic E-state index is 0. The van der Waals surface area contributed by atoms with Crippen molar-refractivity contribution in [3.8, 4) is 0 Å². The molecule has 62 valence electrons. The Morgan fingerprint density at radius 3 is 0.375 bits per heavy atom. The Kier molecular flexibility index (Phi) is 7680. The van der Waals surface area contributed by atoms with Crippen molar-refractivity contribution in [2.24, 2.45) is 0 Å². The van der Waals surface area contributed by atoms with Gasteiger partial charge in [0.15, 0.2) is 0 Å². The third-order valence-corrected chi connectivity index (χ3v) is 0. The van der Waals surface area contributed by atoms with Gasteiger partial charge >= 0.3 is 0 Å². The minimum Gasteiger partial charge on any atom is -1.00 e. The van der Waals surface area contributed by atoms with Crippen molar-refractivity contribution >= 4 is 0 Å². The van der Waals surface area contributed by atoms with Crippen LogP contribution in [0.4, 0.5) is 0 Å². The second kappa shape index (κ2) is 207. The maximum atomic E-state index is 0. The van der Waals surface area contributed by atoms with Crippen LogP contribution in [0.1, 0.15) is 0 Å². The Labute approximate surface area is 86.2 Å². The molecule has 0 aliphatic heterocycles. The van der Waals surface area contributed by atoms with Crippen molar-refractivity contribution in [2.45, 2.75) is 0 Å². The molecule has 8 heavy (non-hydrogen) atoms. The van der Waals surface area contributed by atoms with E-state index in [0.29, 0.717) is 0 Å². The van der Waals surface area contributed by atoms with Crippen LogP contribution < -0.4 is 28.2 Å². The van der Waals surface area contributed by atoms with E-state index in [1.54, 1.807) is 0 Å². The van der Waals surface area contributed by atoms with Gasteiger partial charge in [0.05, 0.1) is 0 Å². The largest absolute Gasteiger partial charge is 1.00 e. The summed E-state index contributed by atoms with van der Waals surface area (Å²) in [7, 11) is 0. The molecule has 0 aliphatic rings. The molecule has 0 aromatic carbocycles. The molecule has 0 rings (SSSR count). The fourth-order valence-corrected chi connectivity index (χ4v) is 0. The molecule has 0 N–H and O–H groups in total. The first-order valence-corrected chi connectivity index (χ1v) is 0. The number of hydrogen-bond acceptors (Lipinski definition) is 0. The molecule has 0 radical (unpaired) electrons. The topological polar surface area (TPSA) is 0 Å². The van der Waals surface area contributed by atoms with Crippen molar-refractivity contribution in [1.29, 1.82) is 0 Å². The third kappa shape index (κ3) is 137. The summed E-state index contributed by atoms with van der Waals surface area (Å²) in [5.41, 5.74) is 0. The van der Waals surface area contributed by atoms with Gasteiger partial charge in [-0.3, -0.25) is 0 Å². The van der Waals surface area contributed by atoms with Crippen LogP contribution in [0.5, 0.6) is 0 Å². The first-order chi connectivity index (χ1) is 0. The van der Waals surface area contributed by atoms with Crippen LogP contribution in [-0.4, -0.2) is 0 Å². The Balaban J connectivity index is 0. The predicted molar refractivity (Wildman–Crippen MR) is 0 cm³/mol. The van der Waals surface area contributed by atoms with Crippen molar-refractivity contribution in [1.82, 2.24) is 0 Å². The molecule has 0 fully saturated rings. The van der Waals surface area contributed by atoms with Crippen LogP contribution in [0.3, 0.4) is 0 Å². The molecule has 0 amide bonds. The van der Waals surface area contributed by atoms with Gasteiger partial charge in [-0.2, -0.15) is 0 Å². The SMILES string of the molecule is [Ar].[F-].[F-].[F-].[F-].[F-].[F-].[Mo]. The van der Waals surface area contributed by atoms with Crippen LogP contribution in [0, 0.1) is 37.7 Å². The summed E-state index contributed by atoms with van der Waals surface area (Å²) < 4.78 is 0. The van der Waals surface area contributed by atoms with Crippen molar-refractivity contribution in [2.75, 3.05) is 0 Å². The van der Waals surface area contributed by atoms with E-state index in [9.17, 15) is 0 Å². The van der Waals surface area contributed by atoms with Gasteiger partial charge < -0.3 is 28.2 Å². The fourth-order valence-electron chi connectivity index (χ4n) is 0. The molecule has 0 aliphatic carbocycles. The zero-order valence-corrected chi connectivity index (χ0v) is 5.74. The Morgan fingerprint density at radius 2 is 0.375 bits per heavy atom. The Morgan fingerprint density at radius 1 is 0.375 bits per heavy atom. The molecule has 0 nitrogen and oxygen atoms in total. The average molecular weight is 250 g/mol. The van der Waals surface area contributed by atoms with Gasteiger partial charge in [0.1, 0.15) is 0 Å². The van der Waals surface area contributed by atoms with Crippen molar-refractivity contribution in [3.05, 3.63) is 0 Å². The van der Waals surface area contributed by atoms with E-state index in [4.69, 9.17) is 0 Å². The summed E-state index contributed by atoms with van der Waals surface area (Å²) in [4.78, 5) is 0. The van der Waals surface area contributed by atoms with Gasteiger partial charge in [0.25, 0.3) is 0 Å². The normalized spacial score (nSPS) is 0. The van der Waals surface area contributed by atoms with Gasteiger partial charge in [-0.05, 0) is 0 Å². The maximum Gasteiger partial charge on any atom is 0 e. The van der Waals surface area contributed by atoms with Crippen molar-refractivity contribution in [3.63, 3.8) is 0 Å². The monoisotopic (exact) mass is 252 g/mol. The summed E-state index contributed by atoms with van der Waals surface area (Å²) >= 11 is 0. The van der Waals surface area contributed by atoms with E-state index in [2.05, 4.69) is 0 Å². The quantitative estimate of drug-likeness (QED) is 0.296. The summed E-state index contributed by atoms with van der Waals surface area (Å²) in [6.07, 6.45) is 0. The number of halogens is 6. The molecule has 0 bridgehead atoms. The van der Waals surface area contributed by atoms with E-state index in [-0.39, 0.29) is 87.0 Å². The van der Waals surface area contributed by atoms with E-state index >= 15 is 0 Å². The zero-order chi connectivity index (χ0) is 0. The van der Waals surface area contributed by atoms with Gasteiger partial charge in [-0.25, -0.2) is 0 Å². The molecule has 8 heteroatoms. The first kappa shape index (κ1) is 297. The van der Waals surface area contributed by atoms with Gasteiger partial charge in [-0.15, -0.1) is 0 Å². The van der Waals surface area contributed by atoms with Gasteiger partial charge in [0, 0.05) is 58.8 Å². The van der Waals surface area contributed by atoms with Crippen LogP contribution in [-0.2, 0) is 21.1 Å². The van der Waals surface area contributed by atoms with Crippen LogP contribution in [0.2, 0.25) is 0 Å². The summed E-state index contributed by atoms with van der Waals surface area (Å²) in [5.74, 6) is 0. The van der Waals surface area contributed by atoms with Crippen molar-refractivity contribution < 1.29 is 87.0 Å². The molecule has 0 heterocycles. The standard InChI is InChI=1S/Ar.6FH.Mo/h;6*1H;/p-6. The first-order valence-electron chi connectivity index (χ1n) is 0. The molecule has 0 saturated carbocycles. The molecule has 0 saturated heterocycles. The summed E-state index contributed by atoms with van der Waals surface area (Å²) in [5, 5.41) is 0. The molecule has 0 unspecified atom stereocenters. The molecule has 0 aromatic heterocycles. The Hall–Kier alpha value is 1.53. The van der Waals surface area contributed by atoms with E-state index in [1.807, 2.05) is 0 Å². The van der Waals surface area contributed by atoms with E-state index in [1.165, 1.54) is 0 Å². The summed E-state index contributed by atoms with van der Waals surface area (Å²) in [6, 6.07) is 0. The van der Waals surface area contributed by atoms with Crippen LogP contribution in [0.15, 0.2) is 0 Å². The van der Waals surface area contributed by atoms with E-state index < -0.39 is 0 Å². The average Bonchev–Trinajstić information content (AvgIpc) is 0.